The molecule has 2 N–H and O–H groups in total. The first-order chi connectivity index (χ1) is 7.57. The highest BCUT2D eigenvalue weighted by Gasteiger charge is 2.65. The number of carbonyl (C=O) groups is 2. The zero-order valence-corrected chi connectivity index (χ0v) is 8.98. The molecule has 4 nitrogen and oxygen atoms in total. The molecule has 3 rings (SSSR count). The van der Waals surface area contributed by atoms with Crippen LogP contribution in [0.25, 0.3) is 0 Å². The molecule has 1 saturated heterocycles. The fourth-order valence-electron chi connectivity index (χ4n) is 4.03. The number of hydrogen-bond acceptors (Lipinski definition) is 3. The summed E-state index contributed by atoms with van der Waals surface area (Å²) in [6.07, 6.45) is 3.65. The highest BCUT2D eigenvalue weighted by atomic mass is 16.3. The van der Waals surface area contributed by atoms with Crippen molar-refractivity contribution in [3.8, 4) is 0 Å². The summed E-state index contributed by atoms with van der Waals surface area (Å²) < 4.78 is 0. The van der Waals surface area contributed by atoms with Crippen molar-refractivity contribution in [3.63, 3.8) is 0 Å². The van der Waals surface area contributed by atoms with Crippen molar-refractivity contribution in [2.45, 2.75) is 24.9 Å². The van der Waals surface area contributed by atoms with Crippen molar-refractivity contribution in [2.75, 3.05) is 0 Å². The van der Waals surface area contributed by atoms with Gasteiger partial charge in [-0.2, -0.15) is 0 Å². The molecule has 2 amide bonds. The zero-order chi connectivity index (χ0) is 11.5. The van der Waals surface area contributed by atoms with E-state index in [1.54, 1.807) is 6.08 Å². The van der Waals surface area contributed by atoms with Crippen molar-refractivity contribution in [1.82, 2.24) is 5.32 Å². The maximum absolute atomic E-state index is 11.7. The molecule has 5 unspecified atom stereocenters. The molecule has 3 fully saturated rings. The van der Waals surface area contributed by atoms with Gasteiger partial charge < -0.3 is 5.11 Å². The largest absolute Gasteiger partial charge is 0.389 e. The molecule has 0 aromatic heterocycles. The third kappa shape index (κ3) is 1.03. The van der Waals surface area contributed by atoms with Gasteiger partial charge in [0.15, 0.2) is 0 Å². The third-order valence-electron chi connectivity index (χ3n) is 4.54. The van der Waals surface area contributed by atoms with Crippen LogP contribution in [0.5, 0.6) is 0 Å². The average Bonchev–Trinajstić information content (AvgIpc) is 2.78. The second-order valence-corrected chi connectivity index (χ2v) is 5.31. The number of hydrogen-bond donors (Lipinski definition) is 2. The van der Waals surface area contributed by atoms with Crippen LogP contribution in [0, 0.1) is 23.7 Å². The van der Waals surface area contributed by atoms with Crippen LogP contribution in [0.3, 0.4) is 0 Å². The van der Waals surface area contributed by atoms with Crippen molar-refractivity contribution in [1.29, 1.82) is 0 Å². The van der Waals surface area contributed by atoms with Gasteiger partial charge in [-0.1, -0.05) is 6.08 Å². The summed E-state index contributed by atoms with van der Waals surface area (Å²) in [7, 11) is 0. The molecular weight excluding hydrogens is 206 g/mol. The molecule has 86 valence electrons. The van der Waals surface area contributed by atoms with Gasteiger partial charge in [-0.15, -0.1) is 6.58 Å². The first kappa shape index (κ1) is 10.0. The van der Waals surface area contributed by atoms with Crippen LogP contribution in [0.1, 0.15) is 19.3 Å². The van der Waals surface area contributed by atoms with Gasteiger partial charge in [-0.05, 0) is 25.2 Å². The minimum absolute atomic E-state index is 0.0630. The molecule has 2 saturated carbocycles. The van der Waals surface area contributed by atoms with E-state index in [1.165, 1.54) is 0 Å². The average molecular weight is 221 g/mol. The van der Waals surface area contributed by atoms with Gasteiger partial charge in [0.05, 0.1) is 17.4 Å². The van der Waals surface area contributed by atoms with Gasteiger partial charge in [0.2, 0.25) is 11.8 Å². The maximum atomic E-state index is 11.7. The van der Waals surface area contributed by atoms with E-state index < -0.39 is 5.60 Å². The van der Waals surface area contributed by atoms with E-state index in [9.17, 15) is 14.7 Å². The Morgan fingerprint density at radius 1 is 1.44 bits per heavy atom. The second-order valence-electron chi connectivity index (χ2n) is 5.31. The standard InChI is InChI=1S/C12H15NO3/c1-2-3-12(16)5-6-4-7(12)9-8(6)10(14)13-11(9)15/h2,6-9,16H,1,3-5H2,(H,13,14,15). The lowest BCUT2D eigenvalue weighted by Gasteiger charge is -2.36. The molecule has 3 aliphatic rings. The minimum Gasteiger partial charge on any atom is -0.389 e. The van der Waals surface area contributed by atoms with Crippen LogP contribution in [0.4, 0.5) is 0 Å². The van der Waals surface area contributed by atoms with E-state index >= 15 is 0 Å². The molecule has 16 heavy (non-hydrogen) atoms. The summed E-state index contributed by atoms with van der Waals surface area (Å²) in [4.78, 5) is 23.3. The molecule has 0 aromatic rings. The summed E-state index contributed by atoms with van der Waals surface area (Å²) in [5, 5.41) is 12.9. The van der Waals surface area contributed by atoms with Crippen LogP contribution >= 0.6 is 0 Å². The number of rotatable bonds is 2. The van der Waals surface area contributed by atoms with Crippen LogP contribution in [-0.4, -0.2) is 22.5 Å². The Balaban J connectivity index is 1.95. The Morgan fingerprint density at radius 2 is 2.12 bits per heavy atom. The molecule has 2 aliphatic carbocycles. The van der Waals surface area contributed by atoms with Gasteiger partial charge in [0, 0.05) is 5.92 Å². The van der Waals surface area contributed by atoms with E-state index in [1.807, 2.05) is 0 Å². The number of fused-ring (bicyclic) bond motifs is 5. The number of imide groups is 1. The Kier molecular flexibility index (Phi) is 1.84. The van der Waals surface area contributed by atoms with E-state index in [4.69, 9.17) is 0 Å². The van der Waals surface area contributed by atoms with Crippen molar-refractivity contribution in [3.05, 3.63) is 12.7 Å². The van der Waals surface area contributed by atoms with Crippen LogP contribution in [0.15, 0.2) is 12.7 Å². The maximum Gasteiger partial charge on any atom is 0.230 e. The molecular formula is C12H15NO3. The molecule has 0 spiro atoms. The van der Waals surface area contributed by atoms with Gasteiger partial charge in [0.1, 0.15) is 0 Å². The van der Waals surface area contributed by atoms with Gasteiger partial charge in [-0.3, -0.25) is 14.9 Å². The van der Waals surface area contributed by atoms with Crippen molar-refractivity contribution >= 4 is 11.8 Å². The van der Waals surface area contributed by atoms with Gasteiger partial charge in [0.25, 0.3) is 0 Å². The highest BCUT2D eigenvalue weighted by molar-refractivity contribution is 6.06. The Labute approximate surface area is 93.7 Å². The highest BCUT2D eigenvalue weighted by Crippen LogP contribution is 2.59. The topological polar surface area (TPSA) is 66.4 Å². The predicted molar refractivity (Wildman–Crippen MR) is 56.1 cm³/mol. The van der Waals surface area contributed by atoms with Crippen molar-refractivity contribution < 1.29 is 14.7 Å². The fourth-order valence-corrected chi connectivity index (χ4v) is 4.03. The van der Waals surface area contributed by atoms with Gasteiger partial charge in [-0.25, -0.2) is 0 Å². The molecule has 0 aromatic carbocycles. The molecule has 4 heteroatoms. The third-order valence-corrected chi connectivity index (χ3v) is 4.54. The summed E-state index contributed by atoms with van der Waals surface area (Å²) in [6.45, 7) is 3.64. The Bertz CT molecular complexity index is 392. The van der Waals surface area contributed by atoms with E-state index in [0.717, 1.165) is 6.42 Å². The molecule has 1 aliphatic heterocycles. The van der Waals surface area contributed by atoms with Crippen LogP contribution in [0.2, 0.25) is 0 Å². The van der Waals surface area contributed by atoms with E-state index in [2.05, 4.69) is 11.9 Å². The minimum atomic E-state index is -0.810. The smallest absolute Gasteiger partial charge is 0.230 e. The molecule has 0 radical (unpaired) electrons. The zero-order valence-electron chi connectivity index (χ0n) is 8.98. The predicted octanol–water partition coefficient (Wildman–Crippen LogP) is 0.222. The molecule has 5 atom stereocenters. The quantitative estimate of drug-likeness (QED) is 0.518. The van der Waals surface area contributed by atoms with Gasteiger partial charge >= 0.3 is 0 Å². The monoisotopic (exact) mass is 221 g/mol. The normalized spacial score (nSPS) is 49.3. The van der Waals surface area contributed by atoms with Crippen LogP contribution < -0.4 is 5.32 Å². The first-order valence-electron chi connectivity index (χ1n) is 5.75. The summed E-state index contributed by atoms with van der Waals surface area (Å²) in [5.41, 5.74) is -0.810. The Morgan fingerprint density at radius 3 is 2.81 bits per heavy atom. The molecule has 2 bridgehead atoms. The van der Waals surface area contributed by atoms with Crippen molar-refractivity contribution in [2.24, 2.45) is 23.7 Å². The number of aliphatic hydroxyl groups is 1. The second kappa shape index (κ2) is 2.94. The lowest BCUT2D eigenvalue weighted by Crippen LogP contribution is -2.43. The summed E-state index contributed by atoms with van der Waals surface area (Å²) in [6, 6.07) is 0. The lowest BCUT2D eigenvalue weighted by atomic mass is 9.71. The number of amides is 2. The SMILES string of the molecule is C=CCC1(O)CC2CC1C1C(=O)NC(=O)C21. The Hall–Kier alpha value is -1.16. The van der Waals surface area contributed by atoms with E-state index in [-0.39, 0.29) is 35.5 Å². The summed E-state index contributed by atoms with van der Waals surface area (Å²) >= 11 is 0. The molecule has 1 heterocycles. The van der Waals surface area contributed by atoms with E-state index in [0.29, 0.717) is 12.8 Å². The fraction of sp³-hybridized carbons (Fsp3) is 0.667. The number of nitrogens with one attached hydrogen (secondary N) is 1. The first-order valence-corrected chi connectivity index (χ1v) is 5.75. The van der Waals surface area contributed by atoms with Crippen LogP contribution in [-0.2, 0) is 9.59 Å². The number of carbonyl (C=O) groups excluding carboxylic acids is 2. The summed E-state index contributed by atoms with van der Waals surface area (Å²) in [5.74, 6) is -0.690. The lowest BCUT2D eigenvalue weighted by molar-refractivity contribution is -0.129.